The number of thiophene rings is 1. The number of aryl methyl sites for hydroxylation is 2. The maximum Gasteiger partial charge on any atom is 0.169 e. The van der Waals surface area contributed by atoms with Crippen LogP contribution in [0.3, 0.4) is 0 Å². The maximum atomic E-state index is 6.07. The van der Waals surface area contributed by atoms with Gasteiger partial charge in [-0.05, 0) is 43.2 Å². The van der Waals surface area contributed by atoms with Gasteiger partial charge in [-0.3, -0.25) is 0 Å². The fraction of sp³-hybridized carbons (Fsp3) is 0.385. The second kappa shape index (κ2) is 4.20. The summed E-state index contributed by atoms with van der Waals surface area (Å²) in [5.74, 6) is 0.852. The van der Waals surface area contributed by atoms with Gasteiger partial charge in [-0.25, -0.2) is 9.97 Å². The second-order valence-corrected chi connectivity index (χ2v) is 5.44. The molecule has 0 amide bonds. The molecule has 2 N–H and O–H groups in total. The number of fused-ring (bicyclic) bond motifs is 1. The molecule has 3 rings (SSSR count). The minimum atomic E-state index is 0.122. The van der Waals surface area contributed by atoms with Crippen molar-refractivity contribution in [2.24, 2.45) is 5.73 Å². The number of hydrogen-bond donors (Lipinski definition) is 1. The van der Waals surface area contributed by atoms with Crippen molar-refractivity contribution < 1.29 is 0 Å². The molecule has 2 aromatic rings. The van der Waals surface area contributed by atoms with Gasteiger partial charge in [0.1, 0.15) is 0 Å². The molecule has 0 fully saturated rings. The summed E-state index contributed by atoms with van der Waals surface area (Å²) in [6, 6.07) is 2.23. The van der Waals surface area contributed by atoms with Gasteiger partial charge in [0.2, 0.25) is 0 Å². The van der Waals surface area contributed by atoms with E-state index < -0.39 is 0 Å². The third-order valence-electron chi connectivity index (χ3n) is 3.29. The Labute approximate surface area is 105 Å². The van der Waals surface area contributed by atoms with E-state index in [0.717, 1.165) is 36.3 Å². The largest absolute Gasteiger partial charge is 0.324 e. The molecule has 3 nitrogen and oxygen atoms in total. The summed E-state index contributed by atoms with van der Waals surface area (Å²) in [6.07, 6.45) is 5.13. The normalized spacial score (nSPS) is 19.1. The molecule has 0 radical (unpaired) electrons. The molecule has 0 saturated heterocycles. The highest BCUT2D eigenvalue weighted by Crippen LogP contribution is 2.30. The molecular weight excluding hydrogens is 230 g/mol. The van der Waals surface area contributed by atoms with Crippen LogP contribution in [0.2, 0.25) is 0 Å². The average molecular weight is 245 g/mol. The van der Waals surface area contributed by atoms with E-state index in [4.69, 9.17) is 5.73 Å². The number of hydrogen-bond acceptors (Lipinski definition) is 4. The number of aromatic nitrogens is 2. The van der Waals surface area contributed by atoms with Crippen molar-refractivity contribution in [2.75, 3.05) is 0 Å². The average Bonchev–Trinajstić information content (AvgIpc) is 2.75. The van der Waals surface area contributed by atoms with Crippen molar-refractivity contribution in [3.63, 3.8) is 0 Å². The Hall–Kier alpha value is -1.26. The van der Waals surface area contributed by atoms with Crippen LogP contribution in [-0.4, -0.2) is 9.97 Å². The van der Waals surface area contributed by atoms with E-state index in [1.54, 1.807) is 11.3 Å². The highest BCUT2D eigenvalue weighted by atomic mass is 32.1. The van der Waals surface area contributed by atoms with Crippen LogP contribution < -0.4 is 5.73 Å². The lowest BCUT2D eigenvalue weighted by Crippen LogP contribution is -2.19. The Kier molecular flexibility index (Phi) is 2.68. The van der Waals surface area contributed by atoms with Crippen LogP contribution in [0.5, 0.6) is 0 Å². The molecule has 1 aliphatic rings. The van der Waals surface area contributed by atoms with E-state index in [1.807, 2.05) is 6.20 Å². The first kappa shape index (κ1) is 10.9. The smallest absolute Gasteiger partial charge is 0.169 e. The molecule has 0 saturated carbocycles. The number of nitrogens with two attached hydrogens (primary N) is 1. The lowest BCUT2D eigenvalue weighted by molar-refractivity contribution is 0.557. The van der Waals surface area contributed by atoms with E-state index in [2.05, 4.69) is 28.3 Å². The second-order valence-electron chi connectivity index (χ2n) is 4.53. The first-order valence-electron chi connectivity index (χ1n) is 5.91. The van der Waals surface area contributed by atoms with Gasteiger partial charge < -0.3 is 5.73 Å². The van der Waals surface area contributed by atoms with E-state index in [0.29, 0.717) is 0 Å². The van der Waals surface area contributed by atoms with Crippen LogP contribution in [0.4, 0.5) is 0 Å². The van der Waals surface area contributed by atoms with Crippen LogP contribution in [0, 0.1) is 6.92 Å². The molecule has 1 unspecified atom stereocenters. The number of rotatable bonds is 1. The molecule has 0 aliphatic heterocycles. The monoisotopic (exact) mass is 245 g/mol. The van der Waals surface area contributed by atoms with E-state index in [1.165, 1.54) is 10.4 Å². The van der Waals surface area contributed by atoms with Gasteiger partial charge in [0.25, 0.3) is 0 Å². The molecular formula is C13H15N3S. The Balaban J connectivity index is 2.07. The van der Waals surface area contributed by atoms with Crippen LogP contribution in [0.1, 0.15) is 35.7 Å². The van der Waals surface area contributed by atoms with Crippen LogP contribution >= 0.6 is 11.3 Å². The van der Waals surface area contributed by atoms with Gasteiger partial charge in [0, 0.05) is 23.5 Å². The van der Waals surface area contributed by atoms with E-state index in [9.17, 15) is 0 Å². The van der Waals surface area contributed by atoms with Gasteiger partial charge in [0.05, 0.1) is 4.88 Å². The zero-order valence-corrected chi connectivity index (χ0v) is 10.6. The third kappa shape index (κ3) is 1.87. The molecule has 0 bridgehead atoms. The molecule has 88 valence electrons. The van der Waals surface area contributed by atoms with Crippen molar-refractivity contribution in [3.05, 3.63) is 34.5 Å². The zero-order valence-electron chi connectivity index (χ0n) is 9.81. The minimum absolute atomic E-state index is 0.122. The van der Waals surface area contributed by atoms with Crippen molar-refractivity contribution in [2.45, 2.75) is 32.2 Å². The summed E-state index contributed by atoms with van der Waals surface area (Å²) < 4.78 is 0. The van der Waals surface area contributed by atoms with Crippen LogP contribution in [0.15, 0.2) is 17.6 Å². The van der Waals surface area contributed by atoms with Gasteiger partial charge in [-0.15, -0.1) is 11.3 Å². The van der Waals surface area contributed by atoms with E-state index in [-0.39, 0.29) is 6.04 Å². The summed E-state index contributed by atoms with van der Waals surface area (Å²) in [4.78, 5) is 10.3. The summed E-state index contributed by atoms with van der Waals surface area (Å²) in [6.45, 7) is 2.10. The quantitative estimate of drug-likeness (QED) is 0.840. The van der Waals surface area contributed by atoms with Crippen molar-refractivity contribution in [1.29, 1.82) is 0 Å². The highest BCUT2D eigenvalue weighted by Gasteiger charge is 2.19. The topological polar surface area (TPSA) is 51.8 Å². The zero-order chi connectivity index (χ0) is 11.8. The summed E-state index contributed by atoms with van der Waals surface area (Å²) in [5.41, 5.74) is 9.59. The standard InChI is InChI=1S/C13H15N3S/c1-8-5-6-17-12(8)13-15-7-9-10(14)3-2-4-11(9)16-13/h5-7,10H,2-4,14H2,1H3. The molecule has 0 spiro atoms. The van der Waals surface area contributed by atoms with Crippen LogP contribution in [0.25, 0.3) is 10.7 Å². The third-order valence-corrected chi connectivity index (χ3v) is 4.31. The molecule has 4 heteroatoms. The Bertz CT molecular complexity index is 547. The maximum absolute atomic E-state index is 6.07. The molecule has 1 aliphatic carbocycles. The summed E-state index contributed by atoms with van der Waals surface area (Å²) in [7, 11) is 0. The molecule has 17 heavy (non-hydrogen) atoms. The van der Waals surface area contributed by atoms with Gasteiger partial charge in [-0.1, -0.05) is 0 Å². The lowest BCUT2D eigenvalue weighted by Gasteiger charge is -2.20. The Morgan fingerprint density at radius 3 is 3.12 bits per heavy atom. The van der Waals surface area contributed by atoms with Gasteiger partial charge in [-0.2, -0.15) is 0 Å². The van der Waals surface area contributed by atoms with Gasteiger partial charge >= 0.3 is 0 Å². The lowest BCUT2D eigenvalue weighted by atomic mass is 9.93. The highest BCUT2D eigenvalue weighted by molar-refractivity contribution is 7.13. The van der Waals surface area contributed by atoms with Crippen molar-refractivity contribution in [3.8, 4) is 10.7 Å². The summed E-state index contributed by atoms with van der Waals surface area (Å²) in [5, 5.41) is 2.08. The fourth-order valence-electron chi connectivity index (χ4n) is 2.29. The first-order valence-corrected chi connectivity index (χ1v) is 6.79. The van der Waals surface area contributed by atoms with Crippen LogP contribution in [-0.2, 0) is 6.42 Å². The van der Waals surface area contributed by atoms with E-state index >= 15 is 0 Å². The Morgan fingerprint density at radius 2 is 2.35 bits per heavy atom. The minimum Gasteiger partial charge on any atom is -0.324 e. The molecule has 0 aromatic carbocycles. The molecule has 2 heterocycles. The van der Waals surface area contributed by atoms with Crippen molar-refractivity contribution >= 4 is 11.3 Å². The summed E-state index contributed by atoms with van der Waals surface area (Å²) >= 11 is 1.70. The number of nitrogens with zero attached hydrogens (tertiary/aromatic N) is 2. The Morgan fingerprint density at radius 1 is 1.47 bits per heavy atom. The predicted molar refractivity (Wildman–Crippen MR) is 69.9 cm³/mol. The predicted octanol–water partition coefficient (Wildman–Crippen LogP) is 2.85. The van der Waals surface area contributed by atoms with Gasteiger partial charge in [0.15, 0.2) is 5.82 Å². The molecule has 2 aromatic heterocycles. The molecule has 1 atom stereocenters. The first-order chi connectivity index (χ1) is 8.25. The SMILES string of the molecule is Cc1ccsc1-c1ncc2c(n1)CCCC2N. The van der Waals surface area contributed by atoms with Crippen molar-refractivity contribution in [1.82, 2.24) is 9.97 Å². The fourth-order valence-corrected chi connectivity index (χ4v) is 3.16.